The topological polar surface area (TPSA) is 52.5 Å². The van der Waals surface area contributed by atoms with Gasteiger partial charge in [-0.1, -0.05) is 0 Å². The van der Waals surface area contributed by atoms with Gasteiger partial charge in [-0.05, 0) is 19.4 Å². The zero-order valence-corrected chi connectivity index (χ0v) is 5.38. The summed E-state index contributed by atoms with van der Waals surface area (Å²) in [5.74, 6) is 0. The lowest BCUT2D eigenvalue weighted by Gasteiger charge is -2.26. The second-order valence-corrected chi connectivity index (χ2v) is 2.45. The first kappa shape index (κ1) is 6.99. The highest BCUT2D eigenvalue weighted by molar-refractivity contribution is 4.79. The van der Waals surface area contributed by atoms with Crippen LogP contribution in [0, 0.1) is 0 Å². The average molecular weight is 131 g/mol. The van der Waals surface area contributed by atoms with Gasteiger partial charge in [0.15, 0.2) is 0 Å². The van der Waals surface area contributed by atoms with E-state index in [-0.39, 0.29) is 18.8 Å². The second kappa shape index (κ2) is 3.15. The molecule has 1 unspecified atom stereocenters. The largest absolute Gasteiger partial charge is 0.395 e. The Morgan fingerprint density at radius 3 is 2.78 bits per heavy atom. The molecule has 1 fully saturated rings. The first-order valence-corrected chi connectivity index (χ1v) is 3.37. The van der Waals surface area contributed by atoms with Crippen LogP contribution in [0.25, 0.3) is 0 Å². The molecule has 54 valence electrons. The van der Waals surface area contributed by atoms with Crippen molar-refractivity contribution in [2.45, 2.75) is 25.0 Å². The quantitative estimate of drug-likeness (QED) is 0.432. The number of piperidine rings is 1. The molecule has 9 heavy (non-hydrogen) atoms. The molecule has 0 radical (unpaired) electrons. The van der Waals surface area contributed by atoms with E-state index >= 15 is 0 Å². The highest BCUT2D eigenvalue weighted by Gasteiger charge is 2.20. The molecule has 0 aromatic carbocycles. The van der Waals surface area contributed by atoms with Crippen molar-refractivity contribution in [3.05, 3.63) is 0 Å². The fourth-order valence-electron chi connectivity index (χ4n) is 1.12. The molecule has 1 aliphatic rings. The van der Waals surface area contributed by atoms with E-state index in [0.717, 1.165) is 19.4 Å². The molecule has 0 amide bonds. The van der Waals surface area contributed by atoms with Crippen LogP contribution in [0.3, 0.4) is 0 Å². The zero-order chi connectivity index (χ0) is 6.69. The standard InChI is InChI=1S/C6H13NO2/c8-4-5-6(9)2-1-3-7-5/h5-9H,1-4H2/t5-,6?/m1/s1. The minimum atomic E-state index is -0.344. The number of aliphatic hydroxyl groups is 2. The molecule has 1 saturated heterocycles. The minimum Gasteiger partial charge on any atom is -0.395 e. The molecule has 0 spiro atoms. The van der Waals surface area contributed by atoms with Gasteiger partial charge >= 0.3 is 0 Å². The van der Waals surface area contributed by atoms with Crippen molar-refractivity contribution < 1.29 is 10.2 Å². The van der Waals surface area contributed by atoms with Gasteiger partial charge < -0.3 is 15.5 Å². The Labute approximate surface area is 54.7 Å². The Morgan fingerprint density at radius 2 is 2.33 bits per heavy atom. The van der Waals surface area contributed by atoms with Crippen LogP contribution in [0.1, 0.15) is 12.8 Å². The van der Waals surface area contributed by atoms with E-state index in [2.05, 4.69) is 5.32 Å². The Kier molecular flexibility index (Phi) is 2.45. The lowest BCUT2D eigenvalue weighted by molar-refractivity contribution is 0.0649. The van der Waals surface area contributed by atoms with Gasteiger partial charge in [-0.15, -0.1) is 0 Å². The van der Waals surface area contributed by atoms with Gasteiger partial charge in [-0.2, -0.15) is 0 Å². The molecule has 1 aliphatic heterocycles. The van der Waals surface area contributed by atoms with Crippen molar-refractivity contribution in [3.8, 4) is 0 Å². The van der Waals surface area contributed by atoms with Crippen LogP contribution in [0.15, 0.2) is 0 Å². The minimum absolute atomic E-state index is 0.0428. The molecule has 3 heteroatoms. The summed E-state index contributed by atoms with van der Waals surface area (Å²) in [5.41, 5.74) is 0. The van der Waals surface area contributed by atoms with Crippen LogP contribution in [-0.4, -0.2) is 35.5 Å². The summed E-state index contributed by atoms with van der Waals surface area (Å²) in [6.07, 6.45) is 1.49. The summed E-state index contributed by atoms with van der Waals surface area (Å²) in [4.78, 5) is 0. The molecule has 0 aromatic heterocycles. The van der Waals surface area contributed by atoms with Crippen molar-refractivity contribution >= 4 is 0 Å². The zero-order valence-electron chi connectivity index (χ0n) is 5.38. The molecule has 0 aromatic rings. The Balaban J connectivity index is 2.30. The predicted molar refractivity (Wildman–Crippen MR) is 34.1 cm³/mol. The van der Waals surface area contributed by atoms with E-state index in [0.29, 0.717) is 0 Å². The molecule has 0 saturated carbocycles. The monoisotopic (exact) mass is 131 g/mol. The van der Waals surface area contributed by atoms with E-state index in [4.69, 9.17) is 10.2 Å². The fraction of sp³-hybridized carbons (Fsp3) is 1.00. The molecular formula is C6H13NO2. The average Bonchev–Trinajstić information content (AvgIpc) is 1.89. The van der Waals surface area contributed by atoms with E-state index in [1.807, 2.05) is 0 Å². The third kappa shape index (κ3) is 1.64. The van der Waals surface area contributed by atoms with Gasteiger partial charge in [0.1, 0.15) is 0 Å². The van der Waals surface area contributed by atoms with E-state index in [9.17, 15) is 0 Å². The van der Waals surface area contributed by atoms with E-state index < -0.39 is 0 Å². The number of hydrogen-bond acceptors (Lipinski definition) is 3. The molecule has 0 bridgehead atoms. The van der Waals surface area contributed by atoms with Crippen LogP contribution < -0.4 is 5.32 Å². The number of nitrogens with one attached hydrogen (secondary N) is 1. The van der Waals surface area contributed by atoms with Crippen LogP contribution in [0.4, 0.5) is 0 Å². The van der Waals surface area contributed by atoms with Crippen molar-refractivity contribution in [1.29, 1.82) is 0 Å². The lowest BCUT2D eigenvalue weighted by atomic mass is 10.0. The smallest absolute Gasteiger partial charge is 0.0716 e. The van der Waals surface area contributed by atoms with Crippen molar-refractivity contribution in [2.24, 2.45) is 0 Å². The Hall–Kier alpha value is -0.120. The molecule has 3 N–H and O–H groups in total. The maximum Gasteiger partial charge on any atom is 0.0716 e. The predicted octanol–water partition coefficient (Wildman–Crippen LogP) is -0.908. The molecule has 1 heterocycles. The van der Waals surface area contributed by atoms with Crippen LogP contribution in [-0.2, 0) is 0 Å². The summed E-state index contributed by atoms with van der Waals surface area (Å²) in [5, 5.41) is 20.8. The Bertz CT molecular complexity index is 87.1. The summed E-state index contributed by atoms with van der Waals surface area (Å²) in [7, 11) is 0. The molecular weight excluding hydrogens is 118 g/mol. The van der Waals surface area contributed by atoms with Gasteiger partial charge in [-0.25, -0.2) is 0 Å². The first-order chi connectivity index (χ1) is 4.34. The molecule has 3 nitrogen and oxygen atoms in total. The van der Waals surface area contributed by atoms with Gasteiger partial charge in [-0.3, -0.25) is 0 Å². The number of rotatable bonds is 1. The highest BCUT2D eigenvalue weighted by Crippen LogP contribution is 2.06. The number of hydrogen-bond donors (Lipinski definition) is 3. The van der Waals surface area contributed by atoms with E-state index in [1.54, 1.807) is 0 Å². The first-order valence-electron chi connectivity index (χ1n) is 3.37. The van der Waals surface area contributed by atoms with Gasteiger partial charge in [0.05, 0.1) is 18.8 Å². The molecule has 1 rings (SSSR count). The maximum atomic E-state index is 9.15. The highest BCUT2D eigenvalue weighted by atomic mass is 16.3. The fourth-order valence-corrected chi connectivity index (χ4v) is 1.12. The van der Waals surface area contributed by atoms with Crippen LogP contribution in [0.5, 0.6) is 0 Å². The van der Waals surface area contributed by atoms with Crippen molar-refractivity contribution in [2.75, 3.05) is 13.2 Å². The summed E-state index contributed by atoms with van der Waals surface area (Å²) >= 11 is 0. The summed E-state index contributed by atoms with van der Waals surface area (Å²) in [6.45, 7) is 0.962. The summed E-state index contributed by atoms with van der Waals surface area (Å²) in [6, 6.07) is -0.0845. The third-order valence-electron chi connectivity index (χ3n) is 1.74. The summed E-state index contributed by atoms with van der Waals surface area (Å²) < 4.78 is 0. The maximum absolute atomic E-state index is 9.15. The van der Waals surface area contributed by atoms with Gasteiger partial charge in [0.25, 0.3) is 0 Å². The Morgan fingerprint density at radius 1 is 1.56 bits per heavy atom. The normalized spacial score (nSPS) is 36.7. The second-order valence-electron chi connectivity index (χ2n) is 2.45. The molecule has 2 atom stereocenters. The van der Waals surface area contributed by atoms with Crippen molar-refractivity contribution in [1.82, 2.24) is 5.32 Å². The van der Waals surface area contributed by atoms with Crippen molar-refractivity contribution in [3.63, 3.8) is 0 Å². The van der Waals surface area contributed by atoms with Crippen LogP contribution in [0.2, 0.25) is 0 Å². The van der Waals surface area contributed by atoms with Gasteiger partial charge in [0, 0.05) is 0 Å². The lowest BCUT2D eigenvalue weighted by Crippen LogP contribution is -2.46. The van der Waals surface area contributed by atoms with E-state index in [1.165, 1.54) is 0 Å². The SMILES string of the molecule is OC[C@H]1NCCCC1O. The van der Waals surface area contributed by atoms with Gasteiger partial charge in [0.2, 0.25) is 0 Å². The molecule has 0 aliphatic carbocycles. The number of aliphatic hydroxyl groups excluding tert-OH is 2. The third-order valence-corrected chi connectivity index (χ3v) is 1.74. The van der Waals surface area contributed by atoms with Crippen LogP contribution >= 0.6 is 0 Å².